The minimum atomic E-state index is -0.121. The van der Waals surface area contributed by atoms with Gasteiger partial charge in [-0.05, 0) is 38.1 Å². The van der Waals surface area contributed by atoms with Crippen molar-refractivity contribution in [1.82, 2.24) is 9.97 Å². The third kappa shape index (κ3) is 4.74. The molecule has 0 saturated heterocycles. The first kappa shape index (κ1) is 16.9. The Bertz CT molecular complexity index is 881. The SMILES string of the molecule is CC(C)=CC(=O)Nc1ccc(-c2csc(Nc3cccnc3)n2)cc1. The van der Waals surface area contributed by atoms with Gasteiger partial charge in [0.2, 0.25) is 5.91 Å². The van der Waals surface area contributed by atoms with E-state index in [-0.39, 0.29) is 5.91 Å². The van der Waals surface area contributed by atoms with Crippen LogP contribution in [0.5, 0.6) is 0 Å². The number of amides is 1. The normalized spacial score (nSPS) is 10.2. The third-order valence-corrected chi connectivity index (χ3v) is 4.04. The molecule has 0 aliphatic rings. The number of hydrogen-bond donors (Lipinski definition) is 2. The lowest BCUT2D eigenvalue weighted by atomic mass is 10.1. The average molecular weight is 350 g/mol. The molecule has 0 aliphatic heterocycles. The molecule has 0 bridgehead atoms. The molecule has 0 aliphatic carbocycles. The van der Waals surface area contributed by atoms with Crippen molar-refractivity contribution in [3.63, 3.8) is 0 Å². The molecule has 0 saturated carbocycles. The lowest BCUT2D eigenvalue weighted by Gasteiger charge is -2.04. The lowest BCUT2D eigenvalue weighted by molar-refractivity contribution is -0.111. The number of thiazole rings is 1. The van der Waals surface area contributed by atoms with Gasteiger partial charge in [0.15, 0.2) is 5.13 Å². The number of nitrogens with one attached hydrogen (secondary N) is 2. The van der Waals surface area contributed by atoms with Gasteiger partial charge in [-0.1, -0.05) is 17.7 Å². The summed E-state index contributed by atoms with van der Waals surface area (Å²) in [7, 11) is 0. The molecule has 3 rings (SSSR count). The van der Waals surface area contributed by atoms with Crippen LogP contribution >= 0.6 is 11.3 Å². The molecule has 2 heterocycles. The zero-order valence-corrected chi connectivity index (χ0v) is 14.8. The fourth-order valence-electron chi connectivity index (χ4n) is 2.19. The van der Waals surface area contributed by atoms with Crippen molar-refractivity contribution >= 4 is 33.8 Å². The van der Waals surface area contributed by atoms with Crippen LogP contribution in [0.3, 0.4) is 0 Å². The van der Waals surface area contributed by atoms with Gasteiger partial charge in [-0.15, -0.1) is 11.3 Å². The minimum absolute atomic E-state index is 0.121. The van der Waals surface area contributed by atoms with E-state index >= 15 is 0 Å². The van der Waals surface area contributed by atoms with Crippen LogP contribution in [0.1, 0.15) is 13.8 Å². The molecule has 5 nitrogen and oxygen atoms in total. The van der Waals surface area contributed by atoms with E-state index in [1.807, 2.05) is 55.6 Å². The second-order valence-corrected chi connectivity index (χ2v) is 6.55. The van der Waals surface area contributed by atoms with Crippen molar-refractivity contribution in [1.29, 1.82) is 0 Å². The Kier molecular flexibility index (Phi) is 5.20. The van der Waals surface area contributed by atoms with Crippen LogP contribution in [0.15, 0.2) is 65.8 Å². The van der Waals surface area contributed by atoms with E-state index < -0.39 is 0 Å². The monoisotopic (exact) mass is 350 g/mol. The predicted octanol–water partition coefficient (Wildman–Crippen LogP) is 4.85. The standard InChI is InChI=1S/C19H18N4OS/c1-13(2)10-18(24)21-15-7-5-14(6-8-15)17-12-25-19(23-17)22-16-4-3-9-20-11-16/h3-12H,1-2H3,(H,21,24)(H,22,23). The molecule has 3 aromatic rings. The fourth-order valence-corrected chi connectivity index (χ4v) is 2.93. The molecule has 0 unspecified atom stereocenters. The van der Waals surface area contributed by atoms with Crippen molar-refractivity contribution in [2.75, 3.05) is 10.6 Å². The van der Waals surface area contributed by atoms with Gasteiger partial charge in [0.1, 0.15) is 0 Å². The van der Waals surface area contributed by atoms with Crippen LogP contribution in [0.25, 0.3) is 11.3 Å². The highest BCUT2D eigenvalue weighted by molar-refractivity contribution is 7.14. The van der Waals surface area contributed by atoms with E-state index in [1.165, 1.54) is 11.3 Å². The third-order valence-electron chi connectivity index (χ3n) is 3.28. The summed E-state index contributed by atoms with van der Waals surface area (Å²) < 4.78 is 0. The van der Waals surface area contributed by atoms with Crippen LogP contribution in [0, 0.1) is 0 Å². The summed E-state index contributed by atoms with van der Waals surface area (Å²) in [6.07, 6.45) is 5.06. The van der Waals surface area contributed by atoms with Gasteiger partial charge in [-0.3, -0.25) is 9.78 Å². The summed E-state index contributed by atoms with van der Waals surface area (Å²) >= 11 is 1.53. The largest absolute Gasteiger partial charge is 0.330 e. The summed E-state index contributed by atoms with van der Waals surface area (Å²) in [5.74, 6) is -0.121. The lowest BCUT2D eigenvalue weighted by Crippen LogP contribution is -2.08. The number of anilines is 3. The van der Waals surface area contributed by atoms with Crippen LogP contribution in [-0.2, 0) is 4.79 Å². The van der Waals surface area contributed by atoms with Gasteiger partial charge in [-0.2, -0.15) is 0 Å². The molecule has 25 heavy (non-hydrogen) atoms. The predicted molar refractivity (Wildman–Crippen MR) is 103 cm³/mol. The van der Waals surface area contributed by atoms with Crippen molar-refractivity contribution in [2.24, 2.45) is 0 Å². The highest BCUT2D eigenvalue weighted by Crippen LogP contribution is 2.27. The first-order valence-corrected chi connectivity index (χ1v) is 8.67. The van der Waals surface area contributed by atoms with Crippen molar-refractivity contribution in [3.05, 3.63) is 65.8 Å². The first-order valence-electron chi connectivity index (χ1n) is 7.79. The molecule has 1 amide bonds. The maximum absolute atomic E-state index is 11.7. The molecule has 2 aromatic heterocycles. The molecule has 0 radical (unpaired) electrons. The number of pyridine rings is 1. The summed E-state index contributed by atoms with van der Waals surface area (Å²) in [6, 6.07) is 11.5. The smallest absolute Gasteiger partial charge is 0.248 e. The number of carbonyl (C=O) groups is 1. The summed E-state index contributed by atoms with van der Waals surface area (Å²) in [5, 5.41) is 8.87. The zero-order valence-electron chi connectivity index (χ0n) is 14.0. The molecular weight excluding hydrogens is 332 g/mol. The van der Waals surface area contributed by atoms with Gasteiger partial charge < -0.3 is 10.6 Å². The van der Waals surface area contributed by atoms with E-state index in [0.29, 0.717) is 0 Å². The number of hydrogen-bond acceptors (Lipinski definition) is 5. The Hall–Kier alpha value is -2.99. The van der Waals surface area contributed by atoms with E-state index in [2.05, 4.69) is 20.6 Å². The molecule has 0 fully saturated rings. The molecular formula is C19H18N4OS. The first-order chi connectivity index (χ1) is 12.1. The molecule has 1 aromatic carbocycles. The maximum Gasteiger partial charge on any atom is 0.248 e. The van der Waals surface area contributed by atoms with E-state index in [4.69, 9.17) is 0 Å². The number of carbonyl (C=O) groups excluding carboxylic acids is 1. The molecule has 2 N–H and O–H groups in total. The van der Waals surface area contributed by atoms with Gasteiger partial charge in [0.25, 0.3) is 0 Å². The number of aromatic nitrogens is 2. The second-order valence-electron chi connectivity index (χ2n) is 5.69. The average Bonchev–Trinajstić information content (AvgIpc) is 3.04. The van der Waals surface area contributed by atoms with E-state index in [1.54, 1.807) is 18.5 Å². The highest BCUT2D eigenvalue weighted by Gasteiger charge is 2.06. The van der Waals surface area contributed by atoms with Gasteiger partial charge in [-0.25, -0.2) is 4.98 Å². The van der Waals surface area contributed by atoms with Crippen LogP contribution in [0.2, 0.25) is 0 Å². The highest BCUT2D eigenvalue weighted by atomic mass is 32.1. The Morgan fingerprint density at radius 2 is 1.92 bits per heavy atom. The van der Waals surface area contributed by atoms with E-state index in [9.17, 15) is 4.79 Å². The quantitative estimate of drug-likeness (QED) is 0.645. The van der Waals surface area contributed by atoms with Crippen molar-refractivity contribution in [2.45, 2.75) is 13.8 Å². The van der Waals surface area contributed by atoms with Gasteiger partial charge in [0.05, 0.1) is 17.6 Å². The second kappa shape index (κ2) is 7.72. The summed E-state index contributed by atoms with van der Waals surface area (Å²) in [4.78, 5) is 20.4. The Morgan fingerprint density at radius 1 is 1.12 bits per heavy atom. The molecule has 6 heteroatoms. The Morgan fingerprint density at radius 3 is 2.60 bits per heavy atom. The topological polar surface area (TPSA) is 66.9 Å². The summed E-state index contributed by atoms with van der Waals surface area (Å²) in [5.41, 5.74) is 4.51. The van der Waals surface area contributed by atoms with Crippen LogP contribution in [-0.4, -0.2) is 15.9 Å². The minimum Gasteiger partial charge on any atom is -0.330 e. The van der Waals surface area contributed by atoms with Gasteiger partial charge >= 0.3 is 0 Å². The van der Waals surface area contributed by atoms with Crippen LogP contribution < -0.4 is 10.6 Å². The number of nitrogens with zero attached hydrogens (tertiary/aromatic N) is 2. The fraction of sp³-hybridized carbons (Fsp3) is 0.105. The molecule has 0 atom stereocenters. The summed E-state index contributed by atoms with van der Waals surface area (Å²) in [6.45, 7) is 3.78. The van der Waals surface area contributed by atoms with Crippen molar-refractivity contribution in [3.8, 4) is 11.3 Å². The number of benzene rings is 1. The maximum atomic E-state index is 11.7. The molecule has 0 spiro atoms. The Labute approximate surface area is 150 Å². The van der Waals surface area contributed by atoms with E-state index in [0.717, 1.165) is 33.3 Å². The number of rotatable bonds is 5. The van der Waals surface area contributed by atoms with Crippen molar-refractivity contribution < 1.29 is 4.79 Å². The molecule has 126 valence electrons. The van der Waals surface area contributed by atoms with Crippen LogP contribution in [0.4, 0.5) is 16.5 Å². The zero-order chi connectivity index (χ0) is 17.6. The van der Waals surface area contributed by atoms with Gasteiger partial charge in [0, 0.05) is 28.9 Å². The number of allylic oxidation sites excluding steroid dienone is 1. The Balaban J connectivity index is 1.68.